The third-order valence-electron chi connectivity index (χ3n) is 3.81. The van der Waals surface area contributed by atoms with E-state index in [0.717, 1.165) is 42.6 Å². The lowest BCUT2D eigenvalue weighted by molar-refractivity contribution is 0.182. The second-order valence-corrected chi connectivity index (χ2v) is 4.90. The maximum atomic E-state index is 10.8. The molecule has 0 atom stereocenters. The van der Waals surface area contributed by atoms with Gasteiger partial charge in [0.25, 0.3) is 0 Å². The molecule has 1 aromatic carbocycles. The first-order valence-electron chi connectivity index (χ1n) is 6.51. The fraction of sp³-hybridized carbons (Fsp3) is 0.533. The highest BCUT2D eigenvalue weighted by Crippen LogP contribution is 2.44. The summed E-state index contributed by atoms with van der Waals surface area (Å²) in [6.07, 6.45) is 5.67. The summed E-state index contributed by atoms with van der Waals surface area (Å²) in [6, 6.07) is 5.86. The molecule has 1 aromatic rings. The minimum absolute atomic E-state index is 0.440. The first-order valence-corrected chi connectivity index (χ1v) is 6.51. The summed E-state index contributed by atoms with van der Waals surface area (Å²) in [5, 5.41) is 0. The number of isocyanates is 1. The van der Waals surface area contributed by atoms with Crippen molar-refractivity contribution in [3.05, 3.63) is 29.3 Å². The minimum atomic E-state index is -0.440. The molecular weight excluding hydrogens is 242 g/mol. The first-order chi connectivity index (χ1) is 9.25. The van der Waals surface area contributed by atoms with Crippen molar-refractivity contribution in [3.63, 3.8) is 0 Å². The third kappa shape index (κ3) is 2.70. The van der Waals surface area contributed by atoms with Gasteiger partial charge in [0.05, 0.1) is 19.3 Å². The van der Waals surface area contributed by atoms with Gasteiger partial charge >= 0.3 is 0 Å². The lowest BCUT2D eigenvalue weighted by atomic mass is 9.85. The lowest BCUT2D eigenvalue weighted by Gasteiger charge is -2.26. The predicted molar refractivity (Wildman–Crippen MR) is 72.0 cm³/mol. The van der Waals surface area contributed by atoms with Crippen molar-refractivity contribution in [1.29, 1.82) is 0 Å². The number of hydrogen-bond donors (Lipinski definition) is 0. The van der Waals surface area contributed by atoms with E-state index in [1.54, 1.807) is 20.3 Å². The van der Waals surface area contributed by atoms with Crippen LogP contribution >= 0.6 is 0 Å². The van der Waals surface area contributed by atoms with Gasteiger partial charge in [-0.1, -0.05) is 18.9 Å². The standard InChI is InChI=1S/C15H19NO3/c1-18-10-12-5-6-13(19-2)9-14(12)15(16-11-17)7-3-4-8-15/h5-6,9H,3-4,7-8,10H2,1-2H3. The van der Waals surface area contributed by atoms with Crippen LogP contribution in [0.4, 0.5) is 0 Å². The summed E-state index contributed by atoms with van der Waals surface area (Å²) in [5.74, 6) is 0.780. The SMILES string of the molecule is COCc1ccc(OC)cc1C1(N=C=O)CCCC1. The van der Waals surface area contributed by atoms with Crippen LogP contribution < -0.4 is 4.74 Å². The van der Waals surface area contributed by atoms with Gasteiger partial charge in [0, 0.05) is 7.11 Å². The van der Waals surface area contributed by atoms with Gasteiger partial charge in [-0.25, -0.2) is 4.79 Å². The van der Waals surface area contributed by atoms with E-state index in [1.807, 2.05) is 18.2 Å². The minimum Gasteiger partial charge on any atom is -0.497 e. The number of carbonyl (C=O) groups excluding carboxylic acids is 1. The second kappa shape index (κ2) is 6.00. The zero-order chi connectivity index (χ0) is 13.7. The van der Waals surface area contributed by atoms with E-state index >= 15 is 0 Å². The average molecular weight is 261 g/mol. The largest absolute Gasteiger partial charge is 0.497 e. The normalized spacial score (nSPS) is 16.9. The average Bonchev–Trinajstić information content (AvgIpc) is 2.89. The van der Waals surface area contributed by atoms with E-state index in [2.05, 4.69) is 4.99 Å². The molecule has 0 spiro atoms. The van der Waals surface area contributed by atoms with Crippen LogP contribution in [0.1, 0.15) is 36.8 Å². The zero-order valence-corrected chi connectivity index (χ0v) is 11.4. The Hall–Kier alpha value is -1.64. The van der Waals surface area contributed by atoms with E-state index in [4.69, 9.17) is 9.47 Å². The summed E-state index contributed by atoms with van der Waals surface area (Å²) in [5.41, 5.74) is 1.66. The highest BCUT2D eigenvalue weighted by molar-refractivity contribution is 5.44. The van der Waals surface area contributed by atoms with Crippen LogP contribution in [0.15, 0.2) is 23.2 Å². The number of ether oxygens (including phenoxy) is 2. The van der Waals surface area contributed by atoms with Crippen LogP contribution in [0.25, 0.3) is 0 Å². The second-order valence-electron chi connectivity index (χ2n) is 4.90. The van der Waals surface area contributed by atoms with Crippen molar-refractivity contribution in [1.82, 2.24) is 0 Å². The Morgan fingerprint density at radius 1 is 1.32 bits per heavy atom. The monoisotopic (exact) mass is 261 g/mol. The van der Waals surface area contributed by atoms with Gasteiger partial charge in [-0.3, -0.25) is 0 Å². The molecule has 19 heavy (non-hydrogen) atoms. The van der Waals surface area contributed by atoms with Crippen LogP contribution in [0.5, 0.6) is 5.75 Å². The Bertz CT molecular complexity index is 486. The predicted octanol–water partition coefficient (Wildman–Crippen LogP) is 2.95. The zero-order valence-electron chi connectivity index (χ0n) is 11.4. The van der Waals surface area contributed by atoms with E-state index in [0.29, 0.717) is 6.61 Å². The summed E-state index contributed by atoms with van der Waals surface area (Å²) in [6.45, 7) is 0.509. The highest BCUT2D eigenvalue weighted by atomic mass is 16.5. The fourth-order valence-electron chi connectivity index (χ4n) is 2.89. The van der Waals surface area contributed by atoms with Crippen molar-refractivity contribution in [2.45, 2.75) is 37.8 Å². The van der Waals surface area contributed by atoms with Gasteiger partial charge in [-0.2, -0.15) is 4.99 Å². The van der Waals surface area contributed by atoms with E-state index in [1.165, 1.54) is 0 Å². The molecule has 0 radical (unpaired) electrons. The molecule has 1 saturated carbocycles. The van der Waals surface area contributed by atoms with Crippen LogP contribution in [0, 0.1) is 0 Å². The molecule has 0 bridgehead atoms. The molecule has 0 unspecified atom stereocenters. The maximum absolute atomic E-state index is 10.8. The Morgan fingerprint density at radius 3 is 2.63 bits per heavy atom. The maximum Gasteiger partial charge on any atom is 0.235 e. The van der Waals surface area contributed by atoms with Crippen LogP contribution in [0.3, 0.4) is 0 Å². The summed E-state index contributed by atoms with van der Waals surface area (Å²) in [7, 11) is 3.30. The van der Waals surface area contributed by atoms with Crippen molar-refractivity contribution >= 4 is 6.08 Å². The molecule has 0 amide bonds. The van der Waals surface area contributed by atoms with Crippen molar-refractivity contribution < 1.29 is 14.3 Å². The Morgan fingerprint density at radius 2 is 2.05 bits per heavy atom. The number of rotatable bonds is 5. The molecule has 102 valence electrons. The molecule has 0 N–H and O–H groups in total. The van der Waals surface area contributed by atoms with Gasteiger partial charge in [0.2, 0.25) is 6.08 Å². The molecule has 1 aliphatic rings. The molecule has 0 aliphatic heterocycles. The smallest absolute Gasteiger partial charge is 0.235 e. The molecular formula is C15H19NO3. The van der Waals surface area contributed by atoms with E-state index < -0.39 is 5.54 Å². The van der Waals surface area contributed by atoms with Gasteiger partial charge < -0.3 is 9.47 Å². The third-order valence-corrected chi connectivity index (χ3v) is 3.81. The molecule has 4 heteroatoms. The molecule has 1 aliphatic carbocycles. The Kier molecular flexibility index (Phi) is 4.35. The van der Waals surface area contributed by atoms with Gasteiger partial charge in [0.1, 0.15) is 5.75 Å². The van der Waals surface area contributed by atoms with Crippen LogP contribution in [-0.2, 0) is 21.7 Å². The number of benzene rings is 1. The van der Waals surface area contributed by atoms with Gasteiger partial charge in [0.15, 0.2) is 0 Å². The highest BCUT2D eigenvalue weighted by Gasteiger charge is 2.37. The summed E-state index contributed by atoms with van der Waals surface area (Å²) >= 11 is 0. The quantitative estimate of drug-likeness (QED) is 0.604. The van der Waals surface area contributed by atoms with Crippen molar-refractivity contribution in [3.8, 4) is 5.75 Å². The van der Waals surface area contributed by atoms with Crippen molar-refractivity contribution in [2.75, 3.05) is 14.2 Å². The molecule has 0 aromatic heterocycles. The molecule has 0 saturated heterocycles. The summed E-state index contributed by atoms with van der Waals surface area (Å²) in [4.78, 5) is 14.9. The Balaban J connectivity index is 2.52. The van der Waals surface area contributed by atoms with Gasteiger partial charge in [-0.15, -0.1) is 0 Å². The van der Waals surface area contributed by atoms with Crippen molar-refractivity contribution in [2.24, 2.45) is 4.99 Å². The molecule has 0 heterocycles. The van der Waals surface area contributed by atoms with E-state index in [-0.39, 0.29) is 0 Å². The molecule has 2 rings (SSSR count). The van der Waals surface area contributed by atoms with Gasteiger partial charge in [-0.05, 0) is 36.1 Å². The van der Waals surface area contributed by atoms with Crippen LogP contribution in [0.2, 0.25) is 0 Å². The summed E-state index contributed by atoms with van der Waals surface area (Å²) < 4.78 is 10.5. The number of hydrogen-bond acceptors (Lipinski definition) is 4. The lowest BCUT2D eigenvalue weighted by Crippen LogP contribution is -2.21. The fourth-order valence-corrected chi connectivity index (χ4v) is 2.89. The van der Waals surface area contributed by atoms with Crippen LogP contribution in [-0.4, -0.2) is 20.3 Å². The topological polar surface area (TPSA) is 47.9 Å². The van der Waals surface area contributed by atoms with E-state index in [9.17, 15) is 4.79 Å². The molecule has 4 nitrogen and oxygen atoms in total. The molecule has 1 fully saturated rings. The number of aliphatic imine (C=N–C) groups is 1. The first kappa shape index (κ1) is 13.8. The Labute approximate surface area is 113 Å². The number of methoxy groups -OCH3 is 2. The number of nitrogens with zero attached hydrogens (tertiary/aromatic N) is 1.